The summed E-state index contributed by atoms with van der Waals surface area (Å²) in [5.74, 6) is 0.237. The van der Waals surface area contributed by atoms with Crippen LogP contribution in [0.1, 0.15) is 25.5 Å². The standard InChI is InChI=1S/C10H16N2O4/c1-2-3-8(13)6-11-7-9-4-5-10(16-9)12(14)15/h4-5,8,11,13H,2-3,6-7H2,1H3. The minimum atomic E-state index is -0.574. The second kappa shape index (κ2) is 6.24. The number of hydrogen-bond donors (Lipinski definition) is 2. The van der Waals surface area contributed by atoms with Crippen LogP contribution in [0.2, 0.25) is 0 Å². The molecule has 0 radical (unpaired) electrons. The highest BCUT2D eigenvalue weighted by atomic mass is 16.6. The molecule has 6 heteroatoms. The molecule has 6 nitrogen and oxygen atoms in total. The van der Waals surface area contributed by atoms with Crippen molar-refractivity contribution in [1.29, 1.82) is 0 Å². The van der Waals surface area contributed by atoms with Crippen LogP contribution in [-0.2, 0) is 6.54 Å². The lowest BCUT2D eigenvalue weighted by Gasteiger charge is -2.08. The summed E-state index contributed by atoms with van der Waals surface area (Å²) >= 11 is 0. The molecule has 1 aromatic rings. The summed E-state index contributed by atoms with van der Waals surface area (Å²) in [4.78, 5) is 9.76. The zero-order valence-electron chi connectivity index (χ0n) is 9.18. The van der Waals surface area contributed by atoms with Crippen molar-refractivity contribution in [2.45, 2.75) is 32.4 Å². The fourth-order valence-corrected chi connectivity index (χ4v) is 1.36. The number of aliphatic hydroxyl groups excluding tert-OH is 1. The van der Waals surface area contributed by atoms with E-state index in [1.54, 1.807) is 6.07 Å². The molecule has 0 saturated heterocycles. The highest BCUT2D eigenvalue weighted by molar-refractivity contribution is 5.17. The van der Waals surface area contributed by atoms with E-state index in [2.05, 4.69) is 5.32 Å². The zero-order chi connectivity index (χ0) is 12.0. The Morgan fingerprint density at radius 1 is 1.62 bits per heavy atom. The first-order chi connectivity index (χ1) is 7.63. The summed E-state index contributed by atoms with van der Waals surface area (Å²) in [6, 6.07) is 2.87. The quantitative estimate of drug-likeness (QED) is 0.544. The van der Waals surface area contributed by atoms with E-state index >= 15 is 0 Å². The first-order valence-electron chi connectivity index (χ1n) is 5.25. The maximum Gasteiger partial charge on any atom is 0.433 e. The summed E-state index contributed by atoms with van der Waals surface area (Å²) < 4.78 is 4.94. The van der Waals surface area contributed by atoms with Crippen LogP contribution in [0.5, 0.6) is 0 Å². The molecule has 0 aliphatic rings. The zero-order valence-corrected chi connectivity index (χ0v) is 9.18. The first kappa shape index (κ1) is 12.7. The van der Waals surface area contributed by atoms with E-state index in [4.69, 9.17) is 4.42 Å². The summed E-state index contributed by atoms with van der Waals surface area (Å²) in [5.41, 5.74) is 0. The van der Waals surface area contributed by atoms with E-state index in [-0.39, 0.29) is 12.0 Å². The number of nitrogens with one attached hydrogen (secondary N) is 1. The molecule has 0 spiro atoms. The number of hydrogen-bond acceptors (Lipinski definition) is 5. The highest BCUT2D eigenvalue weighted by Crippen LogP contribution is 2.15. The molecule has 0 aromatic carbocycles. The third kappa shape index (κ3) is 4.00. The van der Waals surface area contributed by atoms with Gasteiger partial charge in [-0.05, 0) is 12.5 Å². The van der Waals surface area contributed by atoms with Gasteiger partial charge in [-0.1, -0.05) is 13.3 Å². The van der Waals surface area contributed by atoms with Crippen molar-refractivity contribution in [2.75, 3.05) is 6.54 Å². The van der Waals surface area contributed by atoms with E-state index in [0.717, 1.165) is 12.8 Å². The molecular weight excluding hydrogens is 212 g/mol. The van der Waals surface area contributed by atoms with Crippen LogP contribution < -0.4 is 5.32 Å². The number of nitro groups is 1. The van der Waals surface area contributed by atoms with E-state index in [9.17, 15) is 15.2 Å². The number of aliphatic hydroxyl groups is 1. The minimum absolute atomic E-state index is 0.258. The molecule has 1 aromatic heterocycles. The van der Waals surface area contributed by atoms with Gasteiger partial charge in [-0.3, -0.25) is 10.1 Å². The molecule has 0 saturated carbocycles. The lowest BCUT2D eigenvalue weighted by Crippen LogP contribution is -2.25. The Balaban J connectivity index is 2.29. The lowest BCUT2D eigenvalue weighted by atomic mass is 10.2. The average Bonchev–Trinajstić information content (AvgIpc) is 2.67. The Morgan fingerprint density at radius 3 is 2.94 bits per heavy atom. The lowest BCUT2D eigenvalue weighted by molar-refractivity contribution is -0.402. The van der Waals surface area contributed by atoms with Gasteiger partial charge in [-0.25, -0.2) is 0 Å². The largest absolute Gasteiger partial charge is 0.433 e. The van der Waals surface area contributed by atoms with Crippen molar-refractivity contribution in [3.8, 4) is 0 Å². The molecule has 0 amide bonds. The van der Waals surface area contributed by atoms with Gasteiger partial charge in [0.25, 0.3) is 0 Å². The molecule has 1 rings (SSSR count). The Hall–Kier alpha value is -1.40. The molecule has 1 atom stereocenters. The van der Waals surface area contributed by atoms with Crippen LogP contribution in [0.25, 0.3) is 0 Å². The van der Waals surface area contributed by atoms with Crippen LogP contribution in [0, 0.1) is 10.1 Å². The normalized spacial score (nSPS) is 12.6. The SMILES string of the molecule is CCCC(O)CNCc1ccc([N+](=O)[O-])o1. The monoisotopic (exact) mass is 228 g/mol. The summed E-state index contributed by atoms with van der Waals surface area (Å²) in [6.45, 7) is 2.84. The second-order valence-corrected chi connectivity index (χ2v) is 3.57. The van der Waals surface area contributed by atoms with Crippen LogP contribution in [0.15, 0.2) is 16.5 Å². The van der Waals surface area contributed by atoms with Gasteiger partial charge >= 0.3 is 5.88 Å². The maximum absolute atomic E-state index is 10.3. The second-order valence-electron chi connectivity index (χ2n) is 3.57. The molecule has 2 N–H and O–H groups in total. The number of furan rings is 1. The molecule has 0 bridgehead atoms. The Morgan fingerprint density at radius 2 is 2.38 bits per heavy atom. The van der Waals surface area contributed by atoms with E-state index in [0.29, 0.717) is 18.8 Å². The molecule has 0 aliphatic carbocycles. The van der Waals surface area contributed by atoms with Crippen LogP contribution in [0.4, 0.5) is 5.88 Å². The van der Waals surface area contributed by atoms with Gasteiger partial charge in [0.15, 0.2) is 0 Å². The van der Waals surface area contributed by atoms with Crippen LogP contribution in [-0.4, -0.2) is 22.7 Å². The van der Waals surface area contributed by atoms with Gasteiger partial charge in [0, 0.05) is 6.54 Å². The molecule has 90 valence electrons. The molecule has 16 heavy (non-hydrogen) atoms. The fraction of sp³-hybridized carbons (Fsp3) is 0.600. The Bertz CT molecular complexity index is 337. The van der Waals surface area contributed by atoms with Gasteiger partial charge in [0.05, 0.1) is 18.7 Å². The third-order valence-corrected chi connectivity index (χ3v) is 2.13. The molecule has 1 unspecified atom stereocenters. The number of rotatable bonds is 7. The summed E-state index contributed by atoms with van der Waals surface area (Å²) in [6.07, 6.45) is 1.29. The predicted octanol–water partition coefficient (Wildman–Crippen LogP) is 1.44. The van der Waals surface area contributed by atoms with Gasteiger partial charge in [-0.2, -0.15) is 0 Å². The molecular formula is C10H16N2O4. The maximum atomic E-state index is 10.3. The smallest absolute Gasteiger partial charge is 0.404 e. The van der Waals surface area contributed by atoms with Crippen molar-refractivity contribution in [3.05, 3.63) is 28.0 Å². The topological polar surface area (TPSA) is 88.5 Å². The average molecular weight is 228 g/mol. The van der Waals surface area contributed by atoms with Gasteiger partial charge in [0.2, 0.25) is 0 Å². The van der Waals surface area contributed by atoms with Gasteiger partial charge in [-0.15, -0.1) is 0 Å². The fourth-order valence-electron chi connectivity index (χ4n) is 1.36. The van der Waals surface area contributed by atoms with Crippen molar-refractivity contribution in [3.63, 3.8) is 0 Å². The van der Waals surface area contributed by atoms with Crippen LogP contribution >= 0.6 is 0 Å². The van der Waals surface area contributed by atoms with E-state index in [1.807, 2.05) is 6.92 Å². The summed E-state index contributed by atoms with van der Waals surface area (Å²) in [7, 11) is 0. The minimum Gasteiger partial charge on any atom is -0.404 e. The molecule has 0 fully saturated rings. The van der Waals surface area contributed by atoms with Crippen LogP contribution in [0.3, 0.4) is 0 Å². The number of nitrogens with zero attached hydrogens (tertiary/aromatic N) is 1. The first-order valence-corrected chi connectivity index (χ1v) is 5.25. The Kier molecular flexibility index (Phi) is 4.94. The molecule has 0 aliphatic heterocycles. The third-order valence-electron chi connectivity index (χ3n) is 2.13. The molecule has 1 heterocycles. The Labute approximate surface area is 93.4 Å². The van der Waals surface area contributed by atoms with Crippen molar-refractivity contribution < 1.29 is 14.4 Å². The van der Waals surface area contributed by atoms with E-state index < -0.39 is 4.92 Å². The highest BCUT2D eigenvalue weighted by Gasteiger charge is 2.11. The predicted molar refractivity (Wildman–Crippen MR) is 58.0 cm³/mol. The summed E-state index contributed by atoms with van der Waals surface area (Å²) in [5, 5.41) is 22.7. The van der Waals surface area contributed by atoms with Crippen molar-refractivity contribution >= 4 is 5.88 Å². The van der Waals surface area contributed by atoms with Gasteiger partial charge in [0.1, 0.15) is 10.7 Å². The van der Waals surface area contributed by atoms with Crippen molar-refractivity contribution in [2.24, 2.45) is 0 Å². The van der Waals surface area contributed by atoms with Crippen molar-refractivity contribution in [1.82, 2.24) is 5.32 Å². The van der Waals surface area contributed by atoms with Gasteiger partial charge < -0.3 is 14.8 Å². The van der Waals surface area contributed by atoms with E-state index in [1.165, 1.54) is 6.07 Å².